The van der Waals surface area contributed by atoms with Gasteiger partial charge in [-0.05, 0) is 19.9 Å². The van der Waals surface area contributed by atoms with E-state index in [-0.39, 0.29) is 18.3 Å². The fraction of sp³-hybridized carbons (Fsp3) is 0.545. The second-order valence-electron chi connectivity index (χ2n) is 3.86. The molecule has 96 valence electrons. The molecule has 1 rings (SSSR count). The number of hydrogen-bond donors (Lipinski definition) is 1. The van der Waals surface area contributed by atoms with Crippen LogP contribution in [0.4, 0.5) is 13.2 Å². The zero-order valence-electron chi connectivity index (χ0n) is 9.53. The lowest BCUT2D eigenvalue weighted by atomic mass is 10.1. The van der Waals surface area contributed by atoms with Crippen LogP contribution in [0.25, 0.3) is 0 Å². The number of hydrogen-bond acceptors (Lipinski definition) is 3. The van der Waals surface area contributed by atoms with Gasteiger partial charge in [0.15, 0.2) is 0 Å². The number of aliphatic hydroxyl groups excluding tert-OH is 1. The van der Waals surface area contributed by atoms with Crippen molar-refractivity contribution < 1.29 is 23.0 Å². The second-order valence-corrected chi connectivity index (χ2v) is 3.86. The van der Waals surface area contributed by atoms with Gasteiger partial charge in [-0.15, -0.1) is 0 Å². The molecule has 17 heavy (non-hydrogen) atoms. The highest BCUT2D eigenvalue weighted by atomic mass is 19.4. The molecule has 0 saturated heterocycles. The zero-order chi connectivity index (χ0) is 13.1. The van der Waals surface area contributed by atoms with E-state index >= 15 is 0 Å². The third-order valence-corrected chi connectivity index (χ3v) is 2.10. The highest BCUT2D eigenvalue weighted by Gasteiger charge is 2.35. The minimum Gasteiger partial charge on any atom is -0.386 e. The van der Waals surface area contributed by atoms with Gasteiger partial charge in [-0.25, -0.2) is 0 Å². The van der Waals surface area contributed by atoms with E-state index in [1.165, 1.54) is 0 Å². The Labute approximate surface area is 97.2 Å². The van der Waals surface area contributed by atoms with Crippen LogP contribution in [0.2, 0.25) is 0 Å². The summed E-state index contributed by atoms with van der Waals surface area (Å²) in [5.74, 6) is 0. The van der Waals surface area contributed by atoms with Gasteiger partial charge in [-0.2, -0.15) is 13.2 Å². The standard InChI is InChI=1S/C11H14F3NO2/c1-7(2)17-6-10(16)8-5-15-4-3-9(8)11(12,13)14/h3-5,7,10,16H,6H2,1-2H3. The molecule has 1 N–H and O–H groups in total. The first-order valence-corrected chi connectivity index (χ1v) is 5.13. The van der Waals surface area contributed by atoms with Crippen molar-refractivity contribution in [3.63, 3.8) is 0 Å². The summed E-state index contributed by atoms with van der Waals surface area (Å²) in [6.45, 7) is 3.29. The number of aliphatic hydroxyl groups is 1. The van der Waals surface area contributed by atoms with Gasteiger partial charge in [0, 0.05) is 18.0 Å². The number of halogens is 3. The van der Waals surface area contributed by atoms with Crippen molar-refractivity contribution in [2.75, 3.05) is 6.61 Å². The van der Waals surface area contributed by atoms with Crippen molar-refractivity contribution in [1.82, 2.24) is 4.98 Å². The first kappa shape index (κ1) is 13.9. The number of pyridine rings is 1. The summed E-state index contributed by atoms with van der Waals surface area (Å²) >= 11 is 0. The zero-order valence-corrected chi connectivity index (χ0v) is 9.53. The molecular formula is C11H14F3NO2. The normalized spacial score (nSPS) is 14.1. The van der Waals surface area contributed by atoms with Crippen LogP contribution in [0.5, 0.6) is 0 Å². The van der Waals surface area contributed by atoms with E-state index in [0.717, 1.165) is 18.5 Å². The lowest BCUT2D eigenvalue weighted by Crippen LogP contribution is -2.17. The first-order valence-electron chi connectivity index (χ1n) is 5.13. The summed E-state index contributed by atoms with van der Waals surface area (Å²) in [6, 6.07) is 0.841. The molecule has 1 heterocycles. The third kappa shape index (κ3) is 3.98. The third-order valence-electron chi connectivity index (χ3n) is 2.10. The lowest BCUT2D eigenvalue weighted by Gasteiger charge is -2.18. The molecule has 0 aliphatic rings. The van der Waals surface area contributed by atoms with E-state index in [2.05, 4.69) is 4.98 Å². The van der Waals surface area contributed by atoms with Crippen LogP contribution in [-0.4, -0.2) is 22.8 Å². The van der Waals surface area contributed by atoms with Crippen molar-refractivity contribution >= 4 is 0 Å². The van der Waals surface area contributed by atoms with Crippen molar-refractivity contribution in [3.05, 3.63) is 29.6 Å². The molecule has 0 aliphatic carbocycles. The van der Waals surface area contributed by atoms with E-state index in [9.17, 15) is 18.3 Å². The Balaban J connectivity index is 2.89. The van der Waals surface area contributed by atoms with Gasteiger partial charge in [0.1, 0.15) is 6.10 Å². The van der Waals surface area contributed by atoms with Crippen LogP contribution in [0.15, 0.2) is 18.5 Å². The number of aromatic nitrogens is 1. The molecule has 0 bridgehead atoms. The summed E-state index contributed by atoms with van der Waals surface area (Å²) < 4.78 is 43.0. The molecule has 0 spiro atoms. The molecule has 0 radical (unpaired) electrons. The fourth-order valence-electron chi connectivity index (χ4n) is 1.30. The molecule has 1 unspecified atom stereocenters. The topological polar surface area (TPSA) is 42.4 Å². The van der Waals surface area contributed by atoms with Gasteiger partial charge in [-0.1, -0.05) is 0 Å². The molecule has 0 saturated carbocycles. The smallest absolute Gasteiger partial charge is 0.386 e. The van der Waals surface area contributed by atoms with E-state index in [0.29, 0.717) is 0 Å². The lowest BCUT2D eigenvalue weighted by molar-refractivity contribution is -0.139. The molecule has 6 heteroatoms. The van der Waals surface area contributed by atoms with Crippen LogP contribution in [0, 0.1) is 0 Å². The van der Waals surface area contributed by atoms with Crippen molar-refractivity contribution in [1.29, 1.82) is 0 Å². The molecular weight excluding hydrogens is 235 g/mol. The Bertz CT molecular complexity index is 366. The second kappa shape index (κ2) is 5.46. The van der Waals surface area contributed by atoms with Crippen molar-refractivity contribution in [2.24, 2.45) is 0 Å². The molecule has 0 amide bonds. The predicted octanol–water partition coefficient (Wildman–Crippen LogP) is 2.56. The number of nitrogens with zero attached hydrogens (tertiary/aromatic N) is 1. The van der Waals surface area contributed by atoms with Crippen molar-refractivity contribution in [2.45, 2.75) is 32.2 Å². The molecule has 0 fully saturated rings. The van der Waals surface area contributed by atoms with Gasteiger partial charge in [-0.3, -0.25) is 4.98 Å². The highest BCUT2D eigenvalue weighted by molar-refractivity contribution is 5.28. The Morgan fingerprint density at radius 1 is 1.41 bits per heavy atom. The Kier molecular flexibility index (Phi) is 4.47. The molecule has 0 aliphatic heterocycles. The van der Waals surface area contributed by atoms with Crippen LogP contribution < -0.4 is 0 Å². The maximum atomic E-state index is 12.6. The average Bonchev–Trinajstić information content (AvgIpc) is 2.24. The van der Waals surface area contributed by atoms with Gasteiger partial charge in [0.05, 0.1) is 18.3 Å². The monoisotopic (exact) mass is 249 g/mol. The molecule has 3 nitrogen and oxygen atoms in total. The largest absolute Gasteiger partial charge is 0.416 e. The first-order chi connectivity index (χ1) is 7.82. The van der Waals surface area contributed by atoms with E-state index < -0.39 is 17.8 Å². The van der Waals surface area contributed by atoms with Gasteiger partial charge in [0.25, 0.3) is 0 Å². The summed E-state index contributed by atoms with van der Waals surface area (Å²) in [5, 5.41) is 9.65. The number of ether oxygens (including phenoxy) is 1. The minimum atomic E-state index is -4.50. The Morgan fingerprint density at radius 2 is 2.06 bits per heavy atom. The highest BCUT2D eigenvalue weighted by Crippen LogP contribution is 2.34. The average molecular weight is 249 g/mol. The summed E-state index contributed by atoms with van der Waals surface area (Å²) in [5.41, 5.74) is -1.15. The molecule has 1 atom stereocenters. The maximum Gasteiger partial charge on any atom is 0.416 e. The van der Waals surface area contributed by atoms with Crippen LogP contribution in [0.1, 0.15) is 31.1 Å². The predicted molar refractivity (Wildman–Crippen MR) is 55.3 cm³/mol. The minimum absolute atomic E-state index is 0.157. The van der Waals surface area contributed by atoms with Gasteiger partial charge >= 0.3 is 6.18 Å². The fourth-order valence-corrected chi connectivity index (χ4v) is 1.30. The molecule has 1 aromatic rings. The van der Waals surface area contributed by atoms with E-state index in [1.54, 1.807) is 13.8 Å². The van der Waals surface area contributed by atoms with Crippen LogP contribution >= 0.6 is 0 Å². The maximum absolute atomic E-state index is 12.6. The quantitative estimate of drug-likeness (QED) is 0.891. The Morgan fingerprint density at radius 3 is 2.59 bits per heavy atom. The summed E-state index contributed by atoms with van der Waals surface area (Å²) in [7, 11) is 0. The summed E-state index contributed by atoms with van der Waals surface area (Å²) in [4.78, 5) is 3.59. The van der Waals surface area contributed by atoms with Crippen molar-refractivity contribution in [3.8, 4) is 0 Å². The van der Waals surface area contributed by atoms with Gasteiger partial charge in [0.2, 0.25) is 0 Å². The van der Waals surface area contributed by atoms with Crippen LogP contribution in [-0.2, 0) is 10.9 Å². The molecule has 0 aromatic carbocycles. The molecule has 1 aromatic heterocycles. The van der Waals surface area contributed by atoms with E-state index in [4.69, 9.17) is 4.74 Å². The van der Waals surface area contributed by atoms with E-state index in [1.807, 2.05) is 0 Å². The SMILES string of the molecule is CC(C)OCC(O)c1cnccc1C(F)(F)F. The number of alkyl halides is 3. The van der Waals surface area contributed by atoms with Gasteiger partial charge < -0.3 is 9.84 Å². The number of rotatable bonds is 4. The summed E-state index contributed by atoms with van der Waals surface area (Å²) in [6.07, 6.45) is -3.94. The Hall–Kier alpha value is -1.14. The van der Waals surface area contributed by atoms with Crippen LogP contribution in [0.3, 0.4) is 0 Å².